The summed E-state index contributed by atoms with van der Waals surface area (Å²) in [6, 6.07) is 16.8. The number of anilines is 1. The van der Waals surface area contributed by atoms with Gasteiger partial charge in [-0.15, -0.1) is 0 Å². The van der Waals surface area contributed by atoms with Crippen molar-refractivity contribution >= 4 is 34.8 Å². The summed E-state index contributed by atoms with van der Waals surface area (Å²) in [6.45, 7) is 1.95. The van der Waals surface area contributed by atoms with Gasteiger partial charge >= 0.3 is 0 Å². The van der Waals surface area contributed by atoms with Gasteiger partial charge in [0, 0.05) is 17.7 Å². The van der Waals surface area contributed by atoms with Gasteiger partial charge in [-0.1, -0.05) is 68.5 Å². The molecule has 1 aliphatic rings. The monoisotopic (exact) mass is 437 g/mol. The first-order valence-electron chi connectivity index (χ1n) is 11.1. The number of amides is 2. The van der Waals surface area contributed by atoms with Gasteiger partial charge < -0.3 is 16.0 Å². The Morgan fingerprint density at radius 3 is 2.52 bits per heavy atom. The lowest BCUT2D eigenvalue weighted by molar-refractivity contribution is -0.120. The van der Waals surface area contributed by atoms with Crippen LogP contribution in [-0.2, 0) is 4.79 Å². The van der Waals surface area contributed by atoms with Crippen molar-refractivity contribution in [2.45, 2.75) is 57.9 Å². The van der Waals surface area contributed by atoms with Crippen LogP contribution in [0.2, 0.25) is 0 Å². The van der Waals surface area contributed by atoms with Crippen molar-refractivity contribution in [1.29, 1.82) is 0 Å². The highest BCUT2D eigenvalue weighted by Gasteiger charge is 2.16. The number of thiocarbonyl (C=S) groups is 1. The summed E-state index contributed by atoms with van der Waals surface area (Å²) in [5, 5.41) is 9.02. The molecule has 31 heavy (non-hydrogen) atoms. The standard InChI is InChI=1S/C25H31N3O2S/c1-18(20-11-6-3-7-12-20)26-24(30)21-13-8-14-22(17-21)27-25(31)28-23(29)16-15-19-9-4-2-5-10-19/h3,6-8,11-14,17-19H,2,4-5,9-10,15-16H2,1H3,(H,26,30)(H2,27,28,29,31). The maximum absolute atomic E-state index is 12.6. The Kier molecular flexibility index (Phi) is 8.59. The molecule has 1 saturated carbocycles. The van der Waals surface area contributed by atoms with Gasteiger partial charge in [-0.2, -0.15) is 0 Å². The third kappa shape index (κ3) is 7.47. The van der Waals surface area contributed by atoms with Crippen LogP contribution in [0.4, 0.5) is 5.69 Å². The molecule has 0 bridgehead atoms. The van der Waals surface area contributed by atoms with Crippen LogP contribution in [0.5, 0.6) is 0 Å². The van der Waals surface area contributed by atoms with E-state index in [4.69, 9.17) is 12.2 Å². The molecule has 2 amide bonds. The minimum Gasteiger partial charge on any atom is -0.346 e. The van der Waals surface area contributed by atoms with E-state index in [0.717, 1.165) is 12.0 Å². The second-order valence-corrected chi connectivity index (χ2v) is 8.64. The molecule has 0 aromatic heterocycles. The first-order valence-corrected chi connectivity index (χ1v) is 11.5. The fourth-order valence-electron chi connectivity index (χ4n) is 4.01. The van der Waals surface area contributed by atoms with Gasteiger partial charge in [-0.05, 0) is 55.2 Å². The van der Waals surface area contributed by atoms with Gasteiger partial charge in [0.15, 0.2) is 5.11 Å². The van der Waals surface area contributed by atoms with Crippen molar-refractivity contribution in [2.75, 3.05) is 5.32 Å². The zero-order chi connectivity index (χ0) is 22.1. The van der Waals surface area contributed by atoms with E-state index in [0.29, 0.717) is 23.6 Å². The Morgan fingerprint density at radius 2 is 1.77 bits per heavy atom. The molecule has 1 fully saturated rings. The quantitative estimate of drug-likeness (QED) is 0.511. The molecule has 1 atom stereocenters. The van der Waals surface area contributed by atoms with Crippen LogP contribution in [0, 0.1) is 5.92 Å². The molecule has 6 heteroatoms. The van der Waals surface area contributed by atoms with Crippen molar-refractivity contribution in [1.82, 2.24) is 10.6 Å². The van der Waals surface area contributed by atoms with E-state index in [9.17, 15) is 9.59 Å². The van der Waals surface area contributed by atoms with E-state index in [2.05, 4.69) is 16.0 Å². The smallest absolute Gasteiger partial charge is 0.251 e. The van der Waals surface area contributed by atoms with Gasteiger partial charge in [0.2, 0.25) is 5.91 Å². The van der Waals surface area contributed by atoms with Crippen LogP contribution >= 0.6 is 12.2 Å². The lowest BCUT2D eigenvalue weighted by Gasteiger charge is -2.21. The molecule has 3 rings (SSSR count). The fourth-order valence-corrected chi connectivity index (χ4v) is 4.24. The summed E-state index contributed by atoms with van der Waals surface area (Å²) in [7, 11) is 0. The fraction of sp³-hybridized carbons (Fsp3) is 0.400. The predicted molar refractivity (Wildman–Crippen MR) is 129 cm³/mol. The number of carbonyl (C=O) groups excluding carboxylic acids is 2. The molecule has 164 valence electrons. The van der Waals surface area contributed by atoms with Crippen LogP contribution in [0.1, 0.15) is 73.8 Å². The Hall–Kier alpha value is -2.73. The van der Waals surface area contributed by atoms with E-state index in [1.165, 1.54) is 32.1 Å². The second kappa shape index (κ2) is 11.6. The molecule has 2 aromatic rings. The van der Waals surface area contributed by atoms with Crippen molar-refractivity contribution in [2.24, 2.45) is 5.92 Å². The van der Waals surface area contributed by atoms with E-state index < -0.39 is 0 Å². The topological polar surface area (TPSA) is 70.2 Å². The van der Waals surface area contributed by atoms with Crippen molar-refractivity contribution in [3.8, 4) is 0 Å². The molecule has 0 saturated heterocycles. The summed E-state index contributed by atoms with van der Waals surface area (Å²) in [6.07, 6.45) is 7.75. The molecule has 0 heterocycles. The molecule has 0 spiro atoms. The zero-order valence-corrected chi connectivity index (χ0v) is 18.8. The number of rotatable bonds is 7. The molecular weight excluding hydrogens is 406 g/mol. The molecular formula is C25H31N3O2S. The first-order chi connectivity index (χ1) is 15.0. The summed E-state index contributed by atoms with van der Waals surface area (Å²) < 4.78 is 0. The van der Waals surface area contributed by atoms with Crippen LogP contribution in [-0.4, -0.2) is 16.9 Å². The zero-order valence-electron chi connectivity index (χ0n) is 18.0. The van der Waals surface area contributed by atoms with E-state index in [1.807, 2.05) is 43.3 Å². The van der Waals surface area contributed by atoms with Crippen LogP contribution < -0.4 is 16.0 Å². The highest BCUT2D eigenvalue weighted by atomic mass is 32.1. The number of nitrogens with one attached hydrogen (secondary N) is 3. The number of carbonyl (C=O) groups is 2. The van der Waals surface area contributed by atoms with Gasteiger partial charge in [-0.3, -0.25) is 9.59 Å². The summed E-state index contributed by atoms with van der Waals surface area (Å²) in [4.78, 5) is 24.9. The van der Waals surface area contributed by atoms with Crippen molar-refractivity contribution < 1.29 is 9.59 Å². The minimum atomic E-state index is -0.164. The van der Waals surface area contributed by atoms with Gasteiger partial charge in [-0.25, -0.2) is 0 Å². The molecule has 1 unspecified atom stereocenters. The van der Waals surface area contributed by atoms with Crippen LogP contribution in [0.3, 0.4) is 0 Å². The van der Waals surface area contributed by atoms with Crippen LogP contribution in [0.25, 0.3) is 0 Å². The Balaban J connectivity index is 1.48. The Labute approximate surface area is 190 Å². The highest BCUT2D eigenvalue weighted by Crippen LogP contribution is 2.27. The molecule has 0 aliphatic heterocycles. The Bertz CT molecular complexity index is 895. The van der Waals surface area contributed by atoms with E-state index in [1.54, 1.807) is 18.2 Å². The largest absolute Gasteiger partial charge is 0.346 e. The maximum Gasteiger partial charge on any atom is 0.251 e. The van der Waals surface area contributed by atoms with Crippen LogP contribution in [0.15, 0.2) is 54.6 Å². The molecule has 0 radical (unpaired) electrons. The van der Waals surface area contributed by atoms with E-state index >= 15 is 0 Å². The number of benzene rings is 2. The number of hydrogen-bond donors (Lipinski definition) is 3. The normalized spacial score (nSPS) is 15.0. The molecule has 5 nitrogen and oxygen atoms in total. The lowest BCUT2D eigenvalue weighted by Crippen LogP contribution is -2.34. The third-order valence-corrected chi connectivity index (χ3v) is 5.99. The van der Waals surface area contributed by atoms with Gasteiger partial charge in [0.05, 0.1) is 6.04 Å². The second-order valence-electron chi connectivity index (χ2n) is 8.23. The average Bonchev–Trinajstić information content (AvgIpc) is 2.79. The summed E-state index contributed by atoms with van der Waals surface area (Å²) in [5.74, 6) is 0.436. The minimum absolute atomic E-state index is 0.0614. The molecule has 1 aliphatic carbocycles. The van der Waals surface area contributed by atoms with Gasteiger partial charge in [0.1, 0.15) is 0 Å². The predicted octanol–water partition coefficient (Wildman–Crippen LogP) is 5.35. The summed E-state index contributed by atoms with van der Waals surface area (Å²) in [5.41, 5.74) is 2.24. The highest BCUT2D eigenvalue weighted by molar-refractivity contribution is 7.80. The maximum atomic E-state index is 12.6. The lowest BCUT2D eigenvalue weighted by atomic mass is 9.86. The van der Waals surface area contributed by atoms with E-state index in [-0.39, 0.29) is 23.0 Å². The SMILES string of the molecule is CC(NC(=O)c1cccc(NC(=S)NC(=O)CCC2CCCCC2)c1)c1ccccc1. The van der Waals surface area contributed by atoms with Crippen molar-refractivity contribution in [3.63, 3.8) is 0 Å². The Morgan fingerprint density at radius 1 is 1.03 bits per heavy atom. The number of hydrogen-bond acceptors (Lipinski definition) is 3. The first kappa shape index (κ1) is 22.9. The summed E-state index contributed by atoms with van der Waals surface area (Å²) >= 11 is 5.28. The van der Waals surface area contributed by atoms with Gasteiger partial charge in [0.25, 0.3) is 5.91 Å². The average molecular weight is 438 g/mol. The van der Waals surface area contributed by atoms with Crippen molar-refractivity contribution in [3.05, 3.63) is 65.7 Å². The molecule has 2 aromatic carbocycles. The molecule has 3 N–H and O–H groups in total. The third-order valence-electron chi connectivity index (χ3n) is 5.79.